The predicted molar refractivity (Wildman–Crippen MR) is 158 cm³/mol. The van der Waals surface area contributed by atoms with Gasteiger partial charge in [-0.3, -0.25) is 4.79 Å². The van der Waals surface area contributed by atoms with Crippen LogP contribution in [0.15, 0.2) is 66.9 Å². The Kier molecular flexibility index (Phi) is 10.4. The molecule has 1 aliphatic rings. The van der Waals surface area contributed by atoms with Crippen molar-refractivity contribution in [3.8, 4) is 5.75 Å². The number of aryl methyl sites for hydroxylation is 1. The Morgan fingerprint density at radius 1 is 1.02 bits per heavy atom. The fourth-order valence-corrected chi connectivity index (χ4v) is 4.80. The predicted octanol–water partition coefficient (Wildman–Crippen LogP) is 5.58. The summed E-state index contributed by atoms with van der Waals surface area (Å²) in [5.74, 6) is 0.690. The van der Waals surface area contributed by atoms with E-state index < -0.39 is 6.36 Å². The van der Waals surface area contributed by atoms with Crippen molar-refractivity contribution in [2.75, 3.05) is 38.1 Å². The van der Waals surface area contributed by atoms with Crippen molar-refractivity contribution in [1.82, 2.24) is 24.8 Å². The number of ether oxygens (including phenoxy) is 1. The molecular weight excluding hydrogens is 545 g/mol. The lowest BCUT2D eigenvalue weighted by Crippen LogP contribution is -2.44. The molecule has 0 spiro atoms. The highest BCUT2D eigenvalue weighted by molar-refractivity contribution is 5.71. The van der Waals surface area contributed by atoms with Gasteiger partial charge in [0.1, 0.15) is 17.1 Å². The number of rotatable bonds is 9. The molecule has 1 unspecified atom stereocenters. The van der Waals surface area contributed by atoms with Gasteiger partial charge in [-0.05, 0) is 67.9 Å². The molecule has 1 amide bonds. The molecule has 224 valence electrons. The fraction of sp³-hybridized carbons (Fsp3) is 0.387. The maximum Gasteiger partial charge on any atom is 0.573 e. The van der Waals surface area contributed by atoms with Crippen molar-refractivity contribution in [3.63, 3.8) is 0 Å². The lowest BCUT2D eigenvalue weighted by atomic mass is 10.1. The molecule has 1 fully saturated rings. The standard InChI is InChI=1S/C17H16F3N3O.C14H21N3O/c1-2-4-15-22-14-5-3-10-21-16(14)23(15)11-12-6-8-13(9-7-12)24-17(18,19)20;1-12(15-11-18)13-3-5-14(6-4-13)17-9-7-16(2)8-10-17/h3,5-10H,2,4,11H2,1H3;3-6,11-12H,7-10H2,1-2H3,(H,15,18). The second-order valence-electron chi connectivity index (χ2n) is 10.3. The van der Waals surface area contributed by atoms with Gasteiger partial charge in [-0.25, -0.2) is 9.97 Å². The number of anilines is 1. The summed E-state index contributed by atoms with van der Waals surface area (Å²) >= 11 is 0. The molecule has 1 N–H and O–H groups in total. The summed E-state index contributed by atoms with van der Waals surface area (Å²) in [6.45, 7) is 8.94. The van der Waals surface area contributed by atoms with Crippen LogP contribution in [0.25, 0.3) is 11.2 Å². The molecule has 3 heterocycles. The molecule has 0 saturated carbocycles. The van der Waals surface area contributed by atoms with Crippen LogP contribution in [-0.2, 0) is 17.8 Å². The number of nitrogens with one attached hydrogen (secondary N) is 1. The topological polar surface area (TPSA) is 75.5 Å². The van der Waals surface area contributed by atoms with Gasteiger partial charge >= 0.3 is 6.36 Å². The van der Waals surface area contributed by atoms with Crippen LogP contribution in [-0.4, -0.2) is 65.4 Å². The zero-order chi connectivity index (χ0) is 30.1. The van der Waals surface area contributed by atoms with E-state index in [0.29, 0.717) is 6.54 Å². The number of carbonyl (C=O) groups excluding carboxylic acids is 1. The van der Waals surface area contributed by atoms with Crippen LogP contribution in [0.2, 0.25) is 0 Å². The zero-order valence-corrected chi connectivity index (χ0v) is 24.1. The summed E-state index contributed by atoms with van der Waals surface area (Å²) < 4.78 is 42.5. The third kappa shape index (κ3) is 8.45. The van der Waals surface area contributed by atoms with Gasteiger partial charge in [0.25, 0.3) is 0 Å². The first-order chi connectivity index (χ1) is 20.2. The Hall–Kier alpha value is -4.12. The van der Waals surface area contributed by atoms with E-state index in [1.54, 1.807) is 18.3 Å². The number of carbonyl (C=O) groups is 1. The third-order valence-corrected chi connectivity index (χ3v) is 7.13. The zero-order valence-electron chi connectivity index (χ0n) is 24.1. The van der Waals surface area contributed by atoms with Crippen molar-refractivity contribution < 1.29 is 22.7 Å². The van der Waals surface area contributed by atoms with E-state index in [9.17, 15) is 18.0 Å². The van der Waals surface area contributed by atoms with Gasteiger partial charge in [-0.15, -0.1) is 13.2 Å². The first-order valence-electron chi connectivity index (χ1n) is 14.0. The number of nitrogens with zero attached hydrogens (tertiary/aromatic N) is 5. The molecule has 11 heteroatoms. The van der Waals surface area contributed by atoms with Crippen LogP contribution < -0.4 is 15.0 Å². The van der Waals surface area contributed by atoms with Crippen molar-refractivity contribution in [1.29, 1.82) is 0 Å². The van der Waals surface area contributed by atoms with Crippen LogP contribution in [0.4, 0.5) is 18.9 Å². The van der Waals surface area contributed by atoms with Gasteiger partial charge in [0.15, 0.2) is 5.65 Å². The number of hydrogen-bond acceptors (Lipinski definition) is 6. The Morgan fingerprint density at radius 3 is 2.33 bits per heavy atom. The number of benzene rings is 2. The van der Waals surface area contributed by atoms with E-state index in [-0.39, 0.29) is 11.8 Å². The van der Waals surface area contributed by atoms with Crippen LogP contribution in [0.3, 0.4) is 0 Å². The summed E-state index contributed by atoms with van der Waals surface area (Å²) in [5.41, 5.74) is 4.85. The summed E-state index contributed by atoms with van der Waals surface area (Å²) in [6, 6.07) is 18.1. The maximum atomic E-state index is 12.2. The average molecular weight is 583 g/mol. The molecule has 8 nitrogen and oxygen atoms in total. The van der Waals surface area contributed by atoms with Crippen LogP contribution in [0.5, 0.6) is 5.75 Å². The number of aromatic nitrogens is 3. The number of piperazine rings is 1. The minimum absolute atomic E-state index is 0.0732. The van der Waals surface area contributed by atoms with Crippen LogP contribution in [0.1, 0.15) is 43.3 Å². The highest BCUT2D eigenvalue weighted by Gasteiger charge is 2.31. The van der Waals surface area contributed by atoms with E-state index in [1.165, 1.54) is 17.8 Å². The Morgan fingerprint density at radius 2 is 1.71 bits per heavy atom. The van der Waals surface area contributed by atoms with Crippen molar-refractivity contribution in [3.05, 3.63) is 83.8 Å². The highest BCUT2D eigenvalue weighted by atomic mass is 19.4. The summed E-state index contributed by atoms with van der Waals surface area (Å²) in [5, 5.41) is 2.77. The second-order valence-corrected chi connectivity index (χ2v) is 10.3. The number of hydrogen-bond donors (Lipinski definition) is 1. The number of amides is 1. The van der Waals surface area contributed by atoms with Gasteiger partial charge in [0, 0.05) is 44.5 Å². The number of likely N-dealkylation sites (N-methyl/N-ethyl adjacent to an activating group) is 1. The van der Waals surface area contributed by atoms with Crippen LogP contribution >= 0.6 is 0 Å². The first kappa shape index (κ1) is 30.8. The summed E-state index contributed by atoms with van der Waals surface area (Å²) in [7, 11) is 2.16. The average Bonchev–Trinajstić information content (AvgIpc) is 3.31. The maximum absolute atomic E-state index is 12.2. The molecule has 1 atom stereocenters. The number of fused-ring (bicyclic) bond motifs is 1. The molecule has 2 aromatic heterocycles. The molecule has 0 aliphatic carbocycles. The fourth-order valence-electron chi connectivity index (χ4n) is 4.80. The molecule has 4 aromatic rings. The third-order valence-electron chi connectivity index (χ3n) is 7.13. The SMILES string of the molecule is CC(NC=O)c1ccc(N2CCN(C)CC2)cc1.CCCc1nc2cccnc2n1Cc1ccc(OC(F)(F)F)cc1. The van der Waals surface area contributed by atoms with Gasteiger partial charge in [0.05, 0.1) is 12.6 Å². The van der Waals surface area contributed by atoms with E-state index in [4.69, 9.17) is 0 Å². The number of halogens is 3. The molecule has 5 rings (SSSR count). The van der Waals surface area contributed by atoms with E-state index >= 15 is 0 Å². The molecular formula is C31H37F3N6O2. The smallest absolute Gasteiger partial charge is 0.406 e. The normalized spacial score (nSPS) is 14.7. The summed E-state index contributed by atoms with van der Waals surface area (Å²) in [4.78, 5) is 24.1. The lowest BCUT2D eigenvalue weighted by Gasteiger charge is -2.34. The number of imidazole rings is 1. The monoisotopic (exact) mass is 582 g/mol. The molecule has 1 saturated heterocycles. The van der Waals surface area contributed by atoms with Gasteiger partial charge < -0.3 is 24.4 Å². The number of pyridine rings is 1. The van der Waals surface area contributed by atoms with E-state index in [2.05, 4.69) is 68.1 Å². The quantitative estimate of drug-likeness (QED) is 0.260. The van der Waals surface area contributed by atoms with Gasteiger partial charge in [-0.1, -0.05) is 31.2 Å². The molecule has 0 radical (unpaired) electrons. The van der Waals surface area contributed by atoms with Gasteiger partial charge in [-0.2, -0.15) is 0 Å². The minimum Gasteiger partial charge on any atom is -0.406 e. The Balaban J connectivity index is 0.000000201. The minimum atomic E-state index is -4.68. The first-order valence-corrected chi connectivity index (χ1v) is 14.0. The molecule has 0 bridgehead atoms. The van der Waals surface area contributed by atoms with E-state index in [0.717, 1.165) is 73.5 Å². The van der Waals surface area contributed by atoms with Crippen molar-refractivity contribution in [2.24, 2.45) is 0 Å². The molecule has 2 aromatic carbocycles. The largest absolute Gasteiger partial charge is 0.573 e. The second kappa shape index (κ2) is 14.2. The lowest BCUT2D eigenvalue weighted by molar-refractivity contribution is -0.274. The van der Waals surface area contributed by atoms with Crippen molar-refractivity contribution >= 4 is 23.3 Å². The molecule has 1 aliphatic heterocycles. The Labute approximate surface area is 244 Å². The summed E-state index contributed by atoms with van der Waals surface area (Å²) in [6.07, 6.45) is -0.469. The molecule has 42 heavy (non-hydrogen) atoms. The Bertz CT molecular complexity index is 1420. The number of alkyl halides is 3. The van der Waals surface area contributed by atoms with Crippen LogP contribution in [0, 0.1) is 0 Å². The van der Waals surface area contributed by atoms with Gasteiger partial charge in [0.2, 0.25) is 6.41 Å². The highest BCUT2D eigenvalue weighted by Crippen LogP contribution is 2.24. The van der Waals surface area contributed by atoms with Crippen molar-refractivity contribution in [2.45, 2.75) is 45.6 Å². The van der Waals surface area contributed by atoms with E-state index in [1.807, 2.05) is 23.6 Å².